The second-order valence-corrected chi connectivity index (χ2v) is 8.73. The molecule has 1 aliphatic heterocycles. The second-order valence-electron chi connectivity index (χ2n) is 6.51. The maximum Gasteiger partial charge on any atom is 0.270 e. The molecule has 8 heteroatoms. The van der Waals surface area contributed by atoms with E-state index in [9.17, 15) is 14.9 Å². The van der Waals surface area contributed by atoms with Gasteiger partial charge in [0.15, 0.2) is 0 Å². The average Bonchev–Trinajstić information content (AvgIpc) is 3.12. The summed E-state index contributed by atoms with van der Waals surface area (Å²) in [5.74, 6) is 0.224. The standard InChI is InChI=1S/C19H16IN3O3S/c20-15-6-5-13(23(25)26)11-14(15)19(24)22-9-7-12(8-10-22)18-21-16-3-1-2-4-17(16)27-18/h1-6,11-12H,7-10H2. The van der Waals surface area contributed by atoms with Crippen molar-refractivity contribution < 1.29 is 9.72 Å². The molecule has 3 aromatic rings. The third-order valence-corrected chi connectivity index (χ3v) is 6.97. The summed E-state index contributed by atoms with van der Waals surface area (Å²) in [7, 11) is 0. The van der Waals surface area contributed by atoms with Gasteiger partial charge < -0.3 is 4.90 Å². The van der Waals surface area contributed by atoms with E-state index in [4.69, 9.17) is 4.98 Å². The number of benzene rings is 2. The number of nitro groups is 1. The zero-order valence-corrected chi connectivity index (χ0v) is 17.3. The number of thiazole rings is 1. The number of carbonyl (C=O) groups is 1. The first-order valence-corrected chi connectivity index (χ1v) is 10.5. The van der Waals surface area contributed by atoms with E-state index in [1.807, 2.05) is 18.2 Å². The number of para-hydroxylation sites is 1. The van der Waals surface area contributed by atoms with Gasteiger partial charge in [0.05, 0.1) is 25.7 Å². The SMILES string of the molecule is O=C(c1cc([N+](=O)[O-])ccc1I)N1CCC(c2nc3ccccc3s2)CC1. The molecular weight excluding hydrogens is 477 g/mol. The van der Waals surface area contributed by atoms with E-state index in [2.05, 4.69) is 28.7 Å². The van der Waals surface area contributed by atoms with Crippen molar-refractivity contribution in [3.63, 3.8) is 0 Å². The average molecular weight is 493 g/mol. The van der Waals surface area contributed by atoms with E-state index in [0.717, 1.165) is 26.9 Å². The van der Waals surface area contributed by atoms with Gasteiger partial charge in [-0.15, -0.1) is 11.3 Å². The molecule has 2 aromatic carbocycles. The van der Waals surface area contributed by atoms with Crippen LogP contribution in [-0.2, 0) is 0 Å². The topological polar surface area (TPSA) is 76.3 Å². The lowest BCUT2D eigenvalue weighted by Crippen LogP contribution is -2.38. The van der Waals surface area contributed by atoms with E-state index < -0.39 is 4.92 Å². The zero-order valence-electron chi connectivity index (χ0n) is 14.3. The number of carbonyl (C=O) groups excluding carboxylic acids is 1. The Kier molecular flexibility index (Phi) is 5.09. The van der Waals surface area contributed by atoms with E-state index in [0.29, 0.717) is 24.6 Å². The molecule has 0 N–H and O–H groups in total. The van der Waals surface area contributed by atoms with Crippen molar-refractivity contribution in [1.29, 1.82) is 0 Å². The predicted molar refractivity (Wildman–Crippen MR) is 113 cm³/mol. The highest BCUT2D eigenvalue weighted by Crippen LogP contribution is 2.34. The van der Waals surface area contributed by atoms with Gasteiger partial charge in [-0.1, -0.05) is 12.1 Å². The first kappa shape index (κ1) is 18.3. The van der Waals surface area contributed by atoms with Gasteiger partial charge in [0.2, 0.25) is 0 Å². The van der Waals surface area contributed by atoms with Gasteiger partial charge in [-0.2, -0.15) is 0 Å². The van der Waals surface area contributed by atoms with Crippen LogP contribution in [0, 0.1) is 13.7 Å². The number of amides is 1. The van der Waals surface area contributed by atoms with Gasteiger partial charge in [-0.05, 0) is 53.6 Å². The number of nitro benzene ring substituents is 1. The first-order chi connectivity index (χ1) is 13.0. The number of piperidine rings is 1. The van der Waals surface area contributed by atoms with Crippen molar-refractivity contribution >= 4 is 55.7 Å². The Bertz CT molecular complexity index is 995. The minimum absolute atomic E-state index is 0.0527. The molecule has 0 saturated carbocycles. The van der Waals surface area contributed by atoms with Crippen LogP contribution in [0.15, 0.2) is 42.5 Å². The Morgan fingerprint density at radius 1 is 1.22 bits per heavy atom. The molecular formula is C19H16IN3O3S. The molecule has 0 radical (unpaired) electrons. The third kappa shape index (κ3) is 3.68. The molecule has 0 spiro atoms. The summed E-state index contributed by atoms with van der Waals surface area (Å²) in [6.07, 6.45) is 1.72. The van der Waals surface area contributed by atoms with Crippen molar-refractivity contribution in [3.05, 3.63) is 66.7 Å². The number of rotatable bonds is 3. The Balaban J connectivity index is 1.48. The minimum Gasteiger partial charge on any atom is -0.339 e. The number of fused-ring (bicyclic) bond motifs is 1. The number of nitrogens with zero attached hydrogens (tertiary/aromatic N) is 3. The van der Waals surface area contributed by atoms with Crippen molar-refractivity contribution in [1.82, 2.24) is 9.88 Å². The van der Waals surface area contributed by atoms with Crippen LogP contribution in [0.1, 0.15) is 34.1 Å². The molecule has 27 heavy (non-hydrogen) atoms. The van der Waals surface area contributed by atoms with Crippen molar-refractivity contribution in [2.24, 2.45) is 0 Å². The fourth-order valence-electron chi connectivity index (χ4n) is 3.36. The van der Waals surface area contributed by atoms with Gasteiger partial charge in [0.25, 0.3) is 11.6 Å². The normalized spacial score (nSPS) is 15.2. The Labute approximate surface area is 173 Å². The molecule has 0 bridgehead atoms. The monoisotopic (exact) mass is 493 g/mol. The summed E-state index contributed by atoms with van der Waals surface area (Å²) in [6.45, 7) is 1.27. The number of hydrogen-bond donors (Lipinski definition) is 0. The summed E-state index contributed by atoms with van der Waals surface area (Å²) in [5, 5.41) is 12.1. The molecule has 1 aliphatic rings. The van der Waals surface area contributed by atoms with Crippen LogP contribution in [0.5, 0.6) is 0 Å². The van der Waals surface area contributed by atoms with E-state index in [-0.39, 0.29) is 11.6 Å². The molecule has 0 atom stereocenters. The van der Waals surface area contributed by atoms with Crippen molar-refractivity contribution in [3.8, 4) is 0 Å². The molecule has 138 valence electrons. The summed E-state index contributed by atoms with van der Waals surface area (Å²) in [5.41, 5.74) is 1.38. The molecule has 0 aliphatic carbocycles. The largest absolute Gasteiger partial charge is 0.339 e. The molecule has 1 amide bonds. The highest BCUT2D eigenvalue weighted by atomic mass is 127. The Hall–Kier alpha value is -2.07. The fraction of sp³-hybridized carbons (Fsp3) is 0.263. The molecule has 0 unspecified atom stereocenters. The number of non-ortho nitro benzene ring substituents is 1. The van der Waals surface area contributed by atoms with Crippen LogP contribution in [0.25, 0.3) is 10.2 Å². The lowest BCUT2D eigenvalue weighted by Gasteiger charge is -2.31. The first-order valence-electron chi connectivity index (χ1n) is 8.61. The van der Waals surface area contributed by atoms with E-state index in [1.54, 1.807) is 22.3 Å². The molecule has 1 aromatic heterocycles. The lowest BCUT2D eigenvalue weighted by molar-refractivity contribution is -0.384. The van der Waals surface area contributed by atoms with Crippen molar-refractivity contribution in [2.75, 3.05) is 13.1 Å². The van der Waals surface area contributed by atoms with Gasteiger partial charge in [0.1, 0.15) is 0 Å². The third-order valence-electron chi connectivity index (χ3n) is 4.83. The summed E-state index contributed by atoms with van der Waals surface area (Å²) in [6, 6.07) is 12.6. The van der Waals surface area contributed by atoms with E-state index in [1.165, 1.54) is 16.8 Å². The van der Waals surface area contributed by atoms with Crippen LogP contribution < -0.4 is 0 Å². The Morgan fingerprint density at radius 2 is 1.96 bits per heavy atom. The maximum atomic E-state index is 12.9. The molecule has 6 nitrogen and oxygen atoms in total. The quantitative estimate of drug-likeness (QED) is 0.298. The fourth-order valence-corrected chi connectivity index (χ4v) is 5.06. The molecule has 1 saturated heterocycles. The van der Waals surface area contributed by atoms with Crippen LogP contribution in [0.3, 0.4) is 0 Å². The minimum atomic E-state index is -0.466. The van der Waals surface area contributed by atoms with Gasteiger partial charge in [-0.3, -0.25) is 14.9 Å². The van der Waals surface area contributed by atoms with Crippen LogP contribution in [0.4, 0.5) is 5.69 Å². The number of likely N-dealkylation sites (tertiary alicyclic amines) is 1. The van der Waals surface area contributed by atoms with Crippen LogP contribution in [-0.4, -0.2) is 33.8 Å². The van der Waals surface area contributed by atoms with Crippen LogP contribution in [0.2, 0.25) is 0 Å². The molecule has 4 rings (SSSR count). The maximum absolute atomic E-state index is 12.9. The predicted octanol–water partition coefficient (Wildman–Crippen LogP) is 4.83. The van der Waals surface area contributed by atoms with Gasteiger partial charge >= 0.3 is 0 Å². The summed E-state index contributed by atoms with van der Waals surface area (Å²) in [4.78, 5) is 30.0. The number of halogens is 1. The van der Waals surface area contributed by atoms with Crippen LogP contribution >= 0.6 is 33.9 Å². The Morgan fingerprint density at radius 3 is 2.67 bits per heavy atom. The zero-order chi connectivity index (χ0) is 19.0. The highest BCUT2D eigenvalue weighted by Gasteiger charge is 2.28. The summed E-state index contributed by atoms with van der Waals surface area (Å²) < 4.78 is 1.92. The molecule has 2 heterocycles. The van der Waals surface area contributed by atoms with E-state index >= 15 is 0 Å². The van der Waals surface area contributed by atoms with Gasteiger partial charge in [-0.25, -0.2) is 4.98 Å². The summed E-state index contributed by atoms with van der Waals surface area (Å²) >= 11 is 3.78. The second kappa shape index (κ2) is 7.51. The number of hydrogen-bond acceptors (Lipinski definition) is 5. The van der Waals surface area contributed by atoms with Gasteiger partial charge in [0, 0.05) is 34.7 Å². The van der Waals surface area contributed by atoms with Crippen molar-refractivity contribution in [2.45, 2.75) is 18.8 Å². The smallest absolute Gasteiger partial charge is 0.270 e. The highest BCUT2D eigenvalue weighted by molar-refractivity contribution is 14.1. The molecule has 1 fully saturated rings. The lowest BCUT2D eigenvalue weighted by atomic mass is 9.97. The number of aromatic nitrogens is 1.